The van der Waals surface area contributed by atoms with Crippen LogP contribution < -0.4 is 4.90 Å². The highest BCUT2D eigenvalue weighted by molar-refractivity contribution is 9.09. The molecule has 3 heterocycles. The van der Waals surface area contributed by atoms with E-state index in [9.17, 15) is 9.59 Å². The first-order chi connectivity index (χ1) is 14.3. The van der Waals surface area contributed by atoms with E-state index < -0.39 is 6.04 Å². The van der Waals surface area contributed by atoms with Crippen molar-refractivity contribution in [3.05, 3.63) is 56.2 Å². The summed E-state index contributed by atoms with van der Waals surface area (Å²) in [6.45, 7) is 1.87. The number of aromatic nitrogens is 1. The molecule has 4 unspecified atom stereocenters. The smallest absolute Gasteiger partial charge is 0.296 e. The highest BCUT2D eigenvalue weighted by atomic mass is 79.9. The quantitative estimate of drug-likeness (QED) is 0.475. The Morgan fingerprint density at radius 3 is 2.73 bits per heavy atom. The lowest BCUT2D eigenvalue weighted by Crippen LogP contribution is -2.41. The maximum Gasteiger partial charge on any atom is 0.296 e. The van der Waals surface area contributed by atoms with Crippen molar-refractivity contribution in [2.24, 2.45) is 5.92 Å². The Bertz CT molecular complexity index is 1100. The van der Waals surface area contributed by atoms with Gasteiger partial charge in [-0.25, -0.2) is 4.98 Å². The molecule has 0 N–H and O–H groups in total. The molecule has 5 nitrogen and oxygen atoms in total. The van der Waals surface area contributed by atoms with Crippen LogP contribution in [-0.2, 0) is 14.3 Å². The van der Waals surface area contributed by atoms with Gasteiger partial charge in [-0.1, -0.05) is 45.2 Å². The van der Waals surface area contributed by atoms with Crippen LogP contribution in [0.15, 0.2) is 34.9 Å². The van der Waals surface area contributed by atoms with E-state index in [0.29, 0.717) is 32.7 Å². The zero-order valence-corrected chi connectivity index (χ0v) is 19.8. The van der Waals surface area contributed by atoms with Crippen LogP contribution in [0.2, 0.25) is 10.0 Å². The number of amides is 1. The Morgan fingerprint density at radius 2 is 2.03 bits per heavy atom. The fourth-order valence-electron chi connectivity index (χ4n) is 4.46. The Labute approximate surface area is 196 Å². The van der Waals surface area contributed by atoms with E-state index in [0.717, 1.165) is 18.5 Å². The van der Waals surface area contributed by atoms with Crippen molar-refractivity contribution < 1.29 is 14.3 Å². The zero-order valence-electron chi connectivity index (χ0n) is 15.9. The maximum atomic E-state index is 13.6. The molecule has 1 aromatic heterocycles. The second-order valence-electron chi connectivity index (χ2n) is 7.80. The van der Waals surface area contributed by atoms with Gasteiger partial charge in [-0.15, -0.1) is 11.3 Å². The minimum atomic E-state index is -0.642. The van der Waals surface area contributed by atoms with Crippen molar-refractivity contribution in [3.8, 4) is 0 Å². The van der Waals surface area contributed by atoms with Gasteiger partial charge in [-0.2, -0.15) is 0 Å². The Balaban J connectivity index is 1.66. The molecule has 5 rings (SSSR count). The van der Waals surface area contributed by atoms with E-state index in [4.69, 9.17) is 27.9 Å². The molecule has 0 spiro atoms. The van der Waals surface area contributed by atoms with Crippen LogP contribution in [-0.4, -0.2) is 27.6 Å². The first-order valence-corrected chi connectivity index (χ1v) is 12.2. The highest BCUT2D eigenvalue weighted by Crippen LogP contribution is 2.49. The average molecular weight is 528 g/mol. The van der Waals surface area contributed by atoms with Gasteiger partial charge in [-0.3, -0.25) is 14.5 Å². The molecule has 30 heavy (non-hydrogen) atoms. The Morgan fingerprint density at radius 1 is 1.23 bits per heavy atom. The lowest BCUT2D eigenvalue weighted by molar-refractivity contribution is -0.131. The van der Waals surface area contributed by atoms with Crippen molar-refractivity contribution in [1.82, 2.24) is 4.98 Å². The van der Waals surface area contributed by atoms with Crippen molar-refractivity contribution >= 4 is 67.3 Å². The van der Waals surface area contributed by atoms with Gasteiger partial charge in [0.2, 0.25) is 0 Å². The van der Waals surface area contributed by atoms with Crippen LogP contribution in [0.5, 0.6) is 0 Å². The second-order valence-corrected chi connectivity index (χ2v) is 10.7. The summed E-state index contributed by atoms with van der Waals surface area (Å²) in [6.07, 6.45) is 2.08. The van der Waals surface area contributed by atoms with Crippen LogP contribution >= 0.6 is 50.5 Å². The van der Waals surface area contributed by atoms with Crippen LogP contribution in [0.4, 0.5) is 5.13 Å². The summed E-state index contributed by atoms with van der Waals surface area (Å²) in [5.41, 5.74) is 1.91. The molecular weight excluding hydrogens is 511 g/mol. The molecule has 4 atom stereocenters. The van der Waals surface area contributed by atoms with Gasteiger partial charge in [0.25, 0.3) is 5.91 Å². The number of ketones is 1. The topological polar surface area (TPSA) is 59.5 Å². The van der Waals surface area contributed by atoms with Crippen LogP contribution in [0, 0.1) is 12.8 Å². The molecule has 1 aliphatic carbocycles. The predicted molar refractivity (Wildman–Crippen MR) is 121 cm³/mol. The largest absolute Gasteiger partial charge is 0.483 e. The summed E-state index contributed by atoms with van der Waals surface area (Å²) in [5, 5.41) is 3.19. The van der Waals surface area contributed by atoms with Gasteiger partial charge in [-0.05, 0) is 43.9 Å². The number of carbonyl (C=O) groups is 2. The number of ether oxygens (including phenoxy) is 1. The summed E-state index contributed by atoms with van der Waals surface area (Å²) >= 11 is 17.4. The number of Topliss-reactive ketones (excluding diaryl/α,β-unsaturated/α-hetero) is 1. The fraction of sp³-hybridized carbons (Fsp3) is 0.381. The normalized spacial score (nSPS) is 28.5. The maximum absolute atomic E-state index is 13.6. The SMILES string of the molecule is Cc1csc(N2C(=O)C3=C(C(=O)C4CC(Br)CCC4O3)C2c2ccc(Cl)c(Cl)c2)n1. The lowest BCUT2D eigenvalue weighted by Gasteiger charge is -2.37. The monoisotopic (exact) mass is 526 g/mol. The first kappa shape index (κ1) is 20.5. The number of halogens is 3. The summed E-state index contributed by atoms with van der Waals surface area (Å²) < 4.78 is 6.17. The van der Waals surface area contributed by atoms with Gasteiger partial charge >= 0.3 is 0 Å². The summed E-state index contributed by atoms with van der Waals surface area (Å²) in [7, 11) is 0. The summed E-state index contributed by atoms with van der Waals surface area (Å²) in [6, 6.07) is 4.54. The molecule has 1 amide bonds. The third-order valence-electron chi connectivity index (χ3n) is 5.86. The van der Waals surface area contributed by atoms with E-state index in [2.05, 4.69) is 20.9 Å². The fourth-order valence-corrected chi connectivity index (χ4v) is 6.26. The molecule has 0 saturated heterocycles. The van der Waals surface area contributed by atoms with Crippen LogP contribution in [0.25, 0.3) is 0 Å². The van der Waals surface area contributed by atoms with E-state index in [1.165, 1.54) is 11.3 Å². The Kier molecular flexibility index (Phi) is 5.21. The molecule has 1 aromatic carbocycles. The third-order valence-corrected chi connectivity index (χ3v) is 8.38. The summed E-state index contributed by atoms with van der Waals surface area (Å²) in [5.74, 6) is -0.468. The van der Waals surface area contributed by atoms with E-state index in [1.807, 2.05) is 12.3 Å². The number of thiazole rings is 1. The number of carbonyl (C=O) groups excluding carboxylic acids is 2. The number of fused-ring (bicyclic) bond motifs is 1. The van der Waals surface area contributed by atoms with E-state index in [1.54, 1.807) is 23.1 Å². The van der Waals surface area contributed by atoms with Gasteiger partial charge in [0.1, 0.15) is 6.10 Å². The summed E-state index contributed by atoms with van der Waals surface area (Å²) in [4.78, 5) is 33.4. The van der Waals surface area contributed by atoms with Gasteiger partial charge < -0.3 is 4.74 Å². The number of hydrogen-bond donors (Lipinski definition) is 0. The predicted octanol–water partition coefficient (Wildman–Crippen LogP) is 5.63. The third kappa shape index (κ3) is 3.22. The average Bonchev–Trinajstić information content (AvgIpc) is 3.26. The molecule has 156 valence electrons. The molecule has 0 bridgehead atoms. The minimum absolute atomic E-state index is 0.0226. The number of rotatable bonds is 2. The number of alkyl halides is 1. The molecule has 3 aliphatic rings. The number of hydrogen-bond acceptors (Lipinski definition) is 5. The molecule has 9 heteroatoms. The zero-order chi connectivity index (χ0) is 21.2. The van der Waals surface area contributed by atoms with Gasteiger partial charge in [0.05, 0.1) is 33.3 Å². The molecule has 2 aliphatic heterocycles. The van der Waals surface area contributed by atoms with Gasteiger partial charge in [0.15, 0.2) is 16.7 Å². The standard InChI is InChI=1S/C21H17BrCl2N2O3S/c1-9-8-30-21(25-9)26-17(10-2-4-13(23)14(24)6-10)16-18(27)12-7-11(22)3-5-15(12)29-19(16)20(26)28/h2,4,6,8,11-12,15,17H,3,5,7H2,1H3. The van der Waals surface area contributed by atoms with Crippen LogP contribution in [0.3, 0.4) is 0 Å². The van der Waals surface area contributed by atoms with Crippen molar-refractivity contribution in [2.45, 2.75) is 43.2 Å². The molecule has 1 fully saturated rings. The molecule has 2 aromatic rings. The number of nitrogens with zero attached hydrogens (tertiary/aromatic N) is 2. The molecular formula is C21H17BrCl2N2O3S. The van der Waals surface area contributed by atoms with Crippen LogP contribution in [0.1, 0.15) is 36.6 Å². The number of aryl methyl sites for hydroxylation is 1. The molecule has 0 radical (unpaired) electrons. The first-order valence-electron chi connectivity index (χ1n) is 9.65. The highest BCUT2D eigenvalue weighted by Gasteiger charge is 2.53. The Hall–Kier alpha value is -1.41. The van der Waals surface area contributed by atoms with Crippen molar-refractivity contribution in [3.63, 3.8) is 0 Å². The lowest BCUT2D eigenvalue weighted by atomic mass is 9.77. The molecule has 1 saturated carbocycles. The van der Waals surface area contributed by atoms with E-state index in [-0.39, 0.29) is 34.3 Å². The minimum Gasteiger partial charge on any atom is -0.483 e. The second kappa shape index (κ2) is 7.62. The number of anilines is 1. The van der Waals surface area contributed by atoms with E-state index >= 15 is 0 Å². The van der Waals surface area contributed by atoms with Gasteiger partial charge in [0, 0.05) is 10.2 Å². The van der Waals surface area contributed by atoms with Crippen molar-refractivity contribution in [1.29, 1.82) is 0 Å². The van der Waals surface area contributed by atoms with Crippen molar-refractivity contribution in [2.75, 3.05) is 4.90 Å². The number of benzene rings is 1.